The topological polar surface area (TPSA) is 140 Å². The van der Waals surface area contributed by atoms with Gasteiger partial charge >= 0.3 is 18.4 Å². The Kier molecular flexibility index (Phi) is 8.13. The van der Waals surface area contributed by atoms with Crippen LogP contribution >= 0.6 is 0 Å². The van der Waals surface area contributed by atoms with E-state index < -0.39 is 54.4 Å². The molecule has 3 fully saturated rings. The van der Waals surface area contributed by atoms with Crippen molar-refractivity contribution >= 4 is 17.6 Å². The lowest BCUT2D eigenvalue weighted by atomic mass is 9.85. The SMILES string of the molecule is CC(C)(CC[C@H](NC(=O)c1nonc1C1CC1)c1cn2ncc([C@@H](COC3CC3)N3C[C@@H](C(F)(F)F)NC3=O)cc2n1)C(F)(F)F. The second-order valence-corrected chi connectivity index (χ2v) is 12.7. The molecule has 3 aliphatic rings. The van der Waals surface area contributed by atoms with Crippen molar-refractivity contribution in [3.8, 4) is 0 Å². The molecule has 0 aromatic carbocycles. The number of imidazole rings is 1. The molecule has 3 atom stereocenters. The molecule has 3 aromatic rings. The molecule has 0 bridgehead atoms. The number of fused-ring (bicyclic) bond motifs is 1. The zero-order chi connectivity index (χ0) is 33.0. The number of carbonyl (C=O) groups excluding carboxylic acids is 2. The maximum absolute atomic E-state index is 13.7. The Morgan fingerprint density at radius 2 is 1.89 bits per heavy atom. The van der Waals surface area contributed by atoms with Gasteiger partial charge in [0.2, 0.25) is 0 Å². The molecule has 2 saturated carbocycles. The number of aromatic nitrogens is 5. The molecule has 0 spiro atoms. The fourth-order valence-electron chi connectivity index (χ4n) is 5.24. The number of carbonyl (C=O) groups is 2. The smallest absolute Gasteiger partial charge is 0.376 e. The van der Waals surface area contributed by atoms with Gasteiger partial charge in [0.05, 0.1) is 54.8 Å². The zero-order valence-corrected chi connectivity index (χ0v) is 24.9. The van der Waals surface area contributed by atoms with E-state index in [1.54, 1.807) is 0 Å². The van der Waals surface area contributed by atoms with Crippen molar-refractivity contribution in [2.24, 2.45) is 5.41 Å². The summed E-state index contributed by atoms with van der Waals surface area (Å²) in [5, 5.41) is 16.5. The van der Waals surface area contributed by atoms with E-state index in [0.29, 0.717) is 11.3 Å². The second kappa shape index (κ2) is 11.7. The maximum Gasteiger partial charge on any atom is 0.410 e. The Labute approximate surface area is 258 Å². The van der Waals surface area contributed by atoms with Crippen molar-refractivity contribution in [2.45, 2.75) is 94.9 Å². The number of ether oxygens (including phenoxy) is 1. The molecule has 46 heavy (non-hydrogen) atoms. The summed E-state index contributed by atoms with van der Waals surface area (Å²) in [6.45, 7) is 1.43. The Bertz CT molecular complexity index is 1600. The number of alkyl halides is 6. The van der Waals surface area contributed by atoms with E-state index in [4.69, 9.17) is 9.37 Å². The van der Waals surface area contributed by atoms with E-state index in [2.05, 4.69) is 25.7 Å². The van der Waals surface area contributed by atoms with Crippen molar-refractivity contribution in [1.82, 2.24) is 40.4 Å². The van der Waals surface area contributed by atoms with Crippen LogP contribution in [0.4, 0.5) is 31.1 Å². The normalized spacial score (nSPS) is 20.7. The molecule has 2 aliphatic carbocycles. The summed E-state index contributed by atoms with van der Waals surface area (Å²) in [6, 6.07) is -3.36. The van der Waals surface area contributed by atoms with Gasteiger partial charge in [0.25, 0.3) is 5.91 Å². The maximum atomic E-state index is 13.7. The standard InChI is InChI=1S/C28H32F6N8O4/c1-26(2,28(32,33)34)8-7-17(37-24(43)23-22(14-3-4-14)39-46-40-23)18-11-42-21(36-18)9-15(10-35-42)19(13-45-16-5-6-16)41-12-20(27(29,30)31)38-25(41)44/h9-11,14,16-17,19-20H,3-8,12-13H2,1-2H3,(H,37,43)(H,38,44)/t17-,19+,20-/m0/s1. The number of urea groups is 1. The van der Waals surface area contributed by atoms with Gasteiger partial charge in [-0.25, -0.2) is 18.9 Å². The summed E-state index contributed by atoms with van der Waals surface area (Å²) in [6.07, 6.45) is -3.66. The number of nitrogens with one attached hydrogen (secondary N) is 2. The highest BCUT2D eigenvalue weighted by Crippen LogP contribution is 2.43. The van der Waals surface area contributed by atoms with E-state index in [1.807, 2.05) is 5.32 Å². The number of hydrogen-bond acceptors (Lipinski definition) is 8. The van der Waals surface area contributed by atoms with Gasteiger partial charge in [-0.3, -0.25) is 4.79 Å². The van der Waals surface area contributed by atoms with Crippen LogP contribution < -0.4 is 10.6 Å². The van der Waals surface area contributed by atoms with Crippen LogP contribution in [-0.2, 0) is 4.74 Å². The molecule has 1 aliphatic heterocycles. The lowest BCUT2D eigenvalue weighted by Gasteiger charge is -2.29. The average molecular weight is 659 g/mol. The minimum Gasteiger partial charge on any atom is -0.376 e. The summed E-state index contributed by atoms with van der Waals surface area (Å²) in [5.74, 6) is -0.659. The van der Waals surface area contributed by atoms with Crippen molar-refractivity contribution in [2.75, 3.05) is 13.2 Å². The van der Waals surface area contributed by atoms with E-state index in [9.17, 15) is 35.9 Å². The van der Waals surface area contributed by atoms with Gasteiger partial charge in [0, 0.05) is 11.5 Å². The number of nitrogens with zero attached hydrogens (tertiary/aromatic N) is 6. The largest absolute Gasteiger partial charge is 0.410 e. The van der Waals surface area contributed by atoms with Crippen LogP contribution in [0.1, 0.15) is 97.8 Å². The Balaban J connectivity index is 1.29. The quantitative estimate of drug-likeness (QED) is 0.259. The highest BCUT2D eigenvalue weighted by Gasteiger charge is 2.49. The number of halogens is 6. The fourth-order valence-corrected chi connectivity index (χ4v) is 5.24. The summed E-state index contributed by atoms with van der Waals surface area (Å²) in [5.41, 5.74) is -0.995. The molecule has 18 heteroatoms. The fraction of sp³-hybridized carbons (Fsp3) is 0.643. The average Bonchev–Trinajstić information content (AvgIpc) is 3.86. The first-order valence-electron chi connectivity index (χ1n) is 14.9. The van der Waals surface area contributed by atoms with E-state index in [1.165, 1.54) is 23.0 Å². The highest BCUT2D eigenvalue weighted by molar-refractivity contribution is 5.93. The van der Waals surface area contributed by atoms with E-state index >= 15 is 0 Å². The molecule has 0 unspecified atom stereocenters. The lowest BCUT2D eigenvalue weighted by Crippen LogP contribution is -2.40. The Morgan fingerprint density at radius 1 is 1.15 bits per heavy atom. The summed E-state index contributed by atoms with van der Waals surface area (Å²) < 4.78 is 93.3. The molecule has 12 nitrogen and oxygen atoms in total. The highest BCUT2D eigenvalue weighted by atomic mass is 19.4. The summed E-state index contributed by atoms with van der Waals surface area (Å²) in [4.78, 5) is 31.5. The second-order valence-electron chi connectivity index (χ2n) is 12.7. The van der Waals surface area contributed by atoms with Gasteiger partial charge in [-0.1, -0.05) is 19.0 Å². The predicted octanol–water partition coefficient (Wildman–Crippen LogP) is 5.01. The molecule has 250 valence electrons. The van der Waals surface area contributed by atoms with Gasteiger partial charge in [-0.15, -0.1) is 0 Å². The molecule has 2 N–H and O–H groups in total. The van der Waals surface area contributed by atoms with Gasteiger partial charge in [0.15, 0.2) is 11.3 Å². The molecule has 3 aromatic heterocycles. The van der Waals surface area contributed by atoms with Crippen molar-refractivity contribution in [3.63, 3.8) is 0 Å². The van der Waals surface area contributed by atoms with Gasteiger partial charge in [-0.2, -0.15) is 31.4 Å². The molecule has 1 saturated heterocycles. The molecule has 3 amide bonds. The van der Waals surface area contributed by atoms with Crippen LogP contribution in [0.5, 0.6) is 0 Å². The van der Waals surface area contributed by atoms with Crippen LogP contribution in [0.15, 0.2) is 23.1 Å². The lowest BCUT2D eigenvalue weighted by molar-refractivity contribution is -0.214. The predicted molar refractivity (Wildman–Crippen MR) is 145 cm³/mol. The molecule has 6 rings (SSSR count). The van der Waals surface area contributed by atoms with Crippen LogP contribution in [0.2, 0.25) is 0 Å². The third kappa shape index (κ3) is 6.76. The first-order valence-corrected chi connectivity index (χ1v) is 14.9. The van der Waals surface area contributed by atoms with Gasteiger partial charge in [-0.05, 0) is 49.7 Å². The number of hydrogen-bond donors (Lipinski definition) is 2. The van der Waals surface area contributed by atoms with Gasteiger partial charge < -0.3 is 20.3 Å². The number of rotatable bonds is 12. The summed E-state index contributed by atoms with van der Waals surface area (Å²) >= 11 is 0. The molecular formula is C28H32F6N8O4. The minimum atomic E-state index is -4.64. The van der Waals surface area contributed by atoms with Crippen LogP contribution in [0, 0.1) is 5.41 Å². The van der Waals surface area contributed by atoms with Crippen LogP contribution in [-0.4, -0.2) is 79.4 Å². The first-order chi connectivity index (χ1) is 21.6. The third-order valence-electron chi connectivity index (χ3n) is 8.65. The first kappa shape index (κ1) is 32.0. The van der Waals surface area contributed by atoms with Crippen molar-refractivity contribution in [1.29, 1.82) is 0 Å². The monoisotopic (exact) mass is 658 g/mol. The van der Waals surface area contributed by atoms with E-state index in [0.717, 1.165) is 44.4 Å². The molecule has 4 heterocycles. The molecular weight excluding hydrogens is 626 g/mol. The zero-order valence-electron chi connectivity index (χ0n) is 24.9. The van der Waals surface area contributed by atoms with Crippen molar-refractivity contribution in [3.05, 3.63) is 41.1 Å². The molecule has 0 radical (unpaired) electrons. The van der Waals surface area contributed by atoms with E-state index in [-0.39, 0.29) is 48.5 Å². The Hall–Kier alpha value is -3.96. The summed E-state index contributed by atoms with van der Waals surface area (Å²) in [7, 11) is 0. The van der Waals surface area contributed by atoms with Gasteiger partial charge in [0.1, 0.15) is 11.7 Å². The number of amides is 3. The minimum absolute atomic E-state index is 0.0216. The Morgan fingerprint density at radius 3 is 2.52 bits per heavy atom. The third-order valence-corrected chi connectivity index (χ3v) is 8.65. The van der Waals surface area contributed by atoms with Crippen LogP contribution in [0.3, 0.4) is 0 Å². The van der Waals surface area contributed by atoms with Crippen LogP contribution in [0.25, 0.3) is 5.65 Å². The van der Waals surface area contributed by atoms with Crippen molar-refractivity contribution < 1.29 is 45.3 Å².